The molecule has 1 fully saturated rings. The number of carbonyl (C=O) groups excluding carboxylic acids is 1. The number of fused-ring (bicyclic) bond motifs is 1. The van der Waals surface area contributed by atoms with Crippen LogP contribution in [0.1, 0.15) is 52.2 Å². The number of thiazole rings is 1. The average molecular weight is 340 g/mol. The van der Waals surface area contributed by atoms with Gasteiger partial charge in [0.1, 0.15) is 16.3 Å². The van der Waals surface area contributed by atoms with Gasteiger partial charge in [0.15, 0.2) is 0 Å². The number of carbonyl (C=O) groups is 1. The first-order chi connectivity index (χ1) is 11.6. The van der Waals surface area contributed by atoms with E-state index in [4.69, 9.17) is 0 Å². The minimum atomic E-state index is 0.00986. The van der Waals surface area contributed by atoms with Crippen molar-refractivity contribution in [2.45, 2.75) is 39.2 Å². The van der Waals surface area contributed by atoms with E-state index in [1.165, 1.54) is 0 Å². The highest BCUT2D eigenvalue weighted by Crippen LogP contribution is 2.33. The number of hydrogen-bond donors (Lipinski definition) is 0. The molecule has 24 heavy (non-hydrogen) atoms. The lowest BCUT2D eigenvalue weighted by Gasteiger charge is -2.34. The monoisotopic (exact) mass is 340 g/mol. The molecule has 0 unspecified atom stereocenters. The molecule has 6 heteroatoms. The zero-order valence-electron chi connectivity index (χ0n) is 13.9. The van der Waals surface area contributed by atoms with Crippen LogP contribution in [0.15, 0.2) is 29.8 Å². The highest BCUT2D eigenvalue weighted by atomic mass is 32.1. The lowest BCUT2D eigenvalue weighted by atomic mass is 10.0. The Hall–Kier alpha value is -2.21. The fourth-order valence-corrected chi connectivity index (χ4v) is 4.30. The van der Waals surface area contributed by atoms with Gasteiger partial charge in [-0.15, -0.1) is 11.3 Å². The predicted molar refractivity (Wildman–Crippen MR) is 94.4 cm³/mol. The minimum absolute atomic E-state index is 0.00986. The zero-order chi connectivity index (χ0) is 16.7. The van der Waals surface area contributed by atoms with Gasteiger partial charge in [0.2, 0.25) is 0 Å². The standard InChI is InChI=1S/C18H20N4OS/c1-12-11-24-17(19-12)15-7-3-4-9-21(15)18(23)14-10-22-13(2)6-5-8-16(22)20-14/h5-6,8,10-11,15H,3-4,7,9H2,1-2H3/t15-/m1/s1. The second kappa shape index (κ2) is 6.02. The molecule has 0 bridgehead atoms. The lowest BCUT2D eigenvalue weighted by molar-refractivity contribution is 0.0605. The molecule has 1 saturated heterocycles. The molecule has 4 heterocycles. The molecule has 3 aromatic heterocycles. The third kappa shape index (κ3) is 2.60. The maximum absolute atomic E-state index is 13.1. The molecule has 0 radical (unpaired) electrons. The number of nitrogens with zero attached hydrogens (tertiary/aromatic N) is 4. The number of aryl methyl sites for hydroxylation is 2. The van der Waals surface area contributed by atoms with Crippen molar-refractivity contribution in [3.63, 3.8) is 0 Å². The summed E-state index contributed by atoms with van der Waals surface area (Å²) in [6, 6.07) is 6.00. The van der Waals surface area contributed by atoms with Gasteiger partial charge in [-0.2, -0.15) is 0 Å². The Morgan fingerprint density at radius 3 is 2.88 bits per heavy atom. The van der Waals surface area contributed by atoms with Gasteiger partial charge in [-0.1, -0.05) is 6.07 Å². The number of piperidine rings is 1. The van der Waals surface area contributed by atoms with E-state index in [1.54, 1.807) is 11.3 Å². The number of imidazole rings is 1. The molecular formula is C18H20N4OS. The summed E-state index contributed by atoms with van der Waals surface area (Å²) in [6.45, 7) is 4.79. The molecule has 1 atom stereocenters. The maximum atomic E-state index is 13.1. The molecule has 5 nitrogen and oxygen atoms in total. The number of likely N-dealkylation sites (tertiary alicyclic amines) is 1. The van der Waals surface area contributed by atoms with Crippen LogP contribution >= 0.6 is 11.3 Å². The third-order valence-electron chi connectivity index (χ3n) is 4.60. The summed E-state index contributed by atoms with van der Waals surface area (Å²) >= 11 is 1.65. The quantitative estimate of drug-likeness (QED) is 0.713. The smallest absolute Gasteiger partial charge is 0.274 e. The molecule has 0 aliphatic carbocycles. The normalized spacial score (nSPS) is 18.2. The van der Waals surface area contributed by atoms with Crippen LogP contribution in [0.2, 0.25) is 0 Å². The number of rotatable bonds is 2. The molecule has 0 saturated carbocycles. The van der Waals surface area contributed by atoms with E-state index in [-0.39, 0.29) is 11.9 Å². The predicted octanol–water partition coefficient (Wildman–Crippen LogP) is 3.78. The van der Waals surface area contributed by atoms with Crippen LogP contribution in [-0.4, -0.2) is 31.7 Å². The molecular weight excluding hydrogens is 320 g/mol. The van der Waals surface area contributed by atoms with Crippen LogP contribution in [0.4, 0.5) is 0 Å². The SMILES string of the molecule is Cc1csc([C@H]2CCCCN2C(=O)c2cn3c(C)cccc3n2)n1. The summed E-state index contributed by atoms with van der Waals surface area (Å²) in [5.41, 5.74) is 3.43. The van der Waals surface area contributed by atoms with Crippen LogP contribution in [0.25, 0.3) is 5.65 Å². The largest absolute Gasteiger partial charge is 0.328 e. The number of amides is 1. The van der Waals surface area contributed by atoms with E-state index < -0.39 is 0 Å². The molecule has 3 aromatic rings. The second-order valence-electron chi connectivity index (χ2n) is 6.36. The molecule has 0 spiro atoms. The first-order valence-corrected chi connectivity index (χ1v) is 9.19. The minimum Gasteiger partial charge on any atom is -0.328 e. The van der Waals surface area contributed by atoms with Gasteiger partial charge in [0, 0.05) is 29.5 Å². The summed E-state index contributed by atoms with van der Waals surface area (Å²) < 4.78 is 1.97. The van der Waals surface area contributed by atoms with E-state index >= 15 is 0 Å². The van der Waals surface area contributed by atoms with Crippen molar-refractivity contribution in [1.82, 2.24) is 19.3 Å². The summed E-state index contributed by atoms with van der Waals surface area (Å²) in [5.74, 6) is 0.00986. The maximum Gasteiger partial charge on any atom is 0.274 e. The first-order valence-electron chi connectivity index (χ1n) is 8.31. The van der Waals surface area contributed by atoms with Gasteiger partial charge in [-0.25, -0.2) is 9.97 Å². The summed E-state index contributed by atoms with van der Waals surface area (Å²) in [4.78, 5) is 24.2. The second-order valence-corrected chi connectivity index (χ2v) is 7.25. The van der Waals surface area contributed by atoms with E-state index in [9.17, 15) is 4.79 Å². The van der Waals surface area contributed by atoms with Crippen LogP contribution in [0.5, 0.6) is 0 Å². The van der Waals surface area contributed by atoms with Crippen LogP contribution < -0.4 is 0 Å². The Balaban J connectivity index is 1.69. The van der Waals surface area contributed by atoms with Gasteiger partial charge in [-0.3, -0.25) is 4.79 Å². The summed E-state index contributed by atoms with van der Waals surface area (Å²) in [7, 11) is 0. The van der Waals surface area contributed by atoms with Crippen molar-refractivity contribution >= 4 is 22.9 Å². The number of aromatic nitrogens is 3. The van der Waals surface area contributed by atoms with Gasteiger partial charge < -0.3 is 9.30 Å². The van der Waals surface area contributed by atoms with Crippen LogP contribution in [0.3, 0.4) is 0 Å². The average Bonchev–Trinajstić information content (AvgIpc) is 3.21. The van der Waals surface area contributed by atoms with Crippen molar-refractivity contribution < 1.29 is 4.79 Å². The Kier molecular flexibility index (Phi) is 3.84. The van der Waals surface area contributed by atoms with Crippen molar-refractivity contribution in [2.75, 3.05) is 6.54 Å². The molecule has 4 rings (SSSR count). The Labute approximate surface area is 145 Å². The molecule has 0 aromatic carbocycles. The van der Waals surface area contributed by atoms with Crippen LogP contribution in [-0.2, 0) is 0 Å². The highest BCUT2D eigenvalue weighted by molar-refractivity contribution is 7.09. The third-order valence-corrected chi connectivity index (χ3v) is 5.66. The van der Waals surface area contributed by atoms with E-state index in [0.29, 0.717) is 5.69 Å². The Morgan fingerprint density at radius 2 is 2.12 bits per heavy atom. The number of pyridine rings is 1. The van der Waals surface area contributed by atoms with E-state index in [0.717, 1.165) is 47.8 Å². The van der Waals surface area contributed by atoms with Gasteiger partial charge in [0.25, 0.3) is 5.91 Å². The Morgan fingerprint density at radius 1 is 1.25 bits per heavy atom. The van der Waals surface area contributed by atoms with E-state index in [2.05, 4.69) is 15.3 Å². The van der Waals surface area contributed by atoms with Gasteiger partial charge in [0.05, 0.1) is 6.04 Å². The molecule has 124 valence electrons. The zero-order valence-corrected chi connectivity index (χ0v) is 14.7. The Bertz CT molecular complexity index is 897. The van der Waals surface area contributed by atoms with Crippen LogP contribution in [0, 0.1) is 13.8 Å². The number of hydrogen-bond acceptors (Lipinski definition) is 4. The van der Waals surface area contributed by atoms with E-state index in [1.807, 2.05) is 47.5 Å². The van der Waals surface area contributed by atoms with Gasteiger partial charge in [-0.05, 0) is 45.2 Å². The lowest BCUT2D eigenvalue weighted by Crippen LogP contribution is -2.38. The molecule has 0 N–H and O–H groups in total. The van der Waals surface area contributed by atoms with Crippen molar-refractivity contribution in [3.05, 3.63) is 51.9 Å². The fourth-order valence-electron chi connectivity index (χ4n) is 3.36. The van der Waals surface area contributed by atoms with Crippen molar-refractivity contribution in [2.24, 2.45) is 0 Å². The topological polar surface area (TPSA) is 50.5 Å². The van der Waals surface area contributed by atoms with Crippen molar-refractivity contribution in [1.29, 1.82) is 0 Å². The van der Waals surface area contributed by atoms with Crippen molar-refractivity contribution in [3.8, 4) is 0 Å². The summed E-state index contributed by atoms with van der Waals surface area (Å²) in [5, 5.41) is 3.10. The summed E-state index contributed by atoms with van der Waals surface area (Å²) in [6.07, 6.45) is 5.01. The molecule has 1 aliphatic rings. The fraction of sp³-hybridized carbons (Fsp3) is 0.389. The first kappa shape index (κ1) is 15.3. The highest BCUT2D eigenvalue weighted by Gasteiger charge is 2.31. The molecule has 1 aliphatic heterocycles. The molecule has 1 amide bonds. The van der Waals surface area contributed by atoms with Gasteiger partial charge >= 0.3 is 0 Å².